The number of imidazole rings is 1. The maximum absolute atomic E-state index is 14.5. The number of likely N-dealkylation sites (tertiary alicyclic amines) is 1. The molecule has 1 atom stereocenters. The molecule has 1 saturated heterocycles. The number of fused-ring (bicyclic) bond motifs is 2. The first kappa shape index (κ1) is 31.2. The number of amides is 2. The first-order valence-electron chi connectivity index (χ1n) is 15.8. The van der Waals surface area contributed by atoms with Crippen LogP contribution in [0.4, 0.5) is 13.9 Å². The van der Waals surface area contributed by atoms with Crippen LogP contribution in [0.15, 0.2) is 54.3 Å². The van der Waals surface area contributed by atoms with Crippen LogP contribution in [0.3, 0.4) is 0 Å². The van der Waals surface area contributed by atoms with Gasteiger partial charge in [-0.25, -0.2) is 18.7 Å². The van der Waals surface area contributed by atoms with Crippen LogP contribution in [-0.2, 0) is 30.8 Å². The van der Waals surface area contributed by atoms with Gasteiger partial charge in [0, 0.05) is 65.8 Å². The van der Waals surface area contributed by atoms with Crippen LogP contribution in [-0.4, -0.2) is 61.0 Å². The second-order valence-electron chi connectivity index (χ2n) is 12.3. The van der Waals surface area contributed by atoms with Gasteiger partial charge < -0.3 is 14.6 Å². The van der Waals surface area contributed by atoms with Crippen LogP contribution in [0.1, 0.15) is 81.3 Å². The van der Waals surface area contributed by atoms with Crippen molar-refractivity contribution in [3.05, 3.63) is 99.1 Å². The van der Waals surface area contributed by atoms with Crippen molar-refractivity contribution in [2.45, 2.75) is 57.8 Å². The third-order valence-corrected chi connectivity index (χ3v) is 9.98. The molecular formula is C35H34F2N6O3S. The van der Waals surface area contributed by atoms with Gasteiger partial charge in [0.2, 0.25) is 0 Å². The molecule has 0 saturated carbocycles. The van der Waals surface area contributed by atoms with Gasteiger partial charge in [-0.2, -0.15) is 0 Å². The number of nitrogens with one attached hydrogen (secondary N) is 1. The molecule has 7 rings (SSSR count). The molecule has 2 N–H and O–H groups in total. The summed E-state index contributed by atoms with van der Waals surface area (Å²) in [5, 5.41) is 14.3. The monoisotopic (exact) mass is 656 g/mol. The van der Waals surface area contributed by atoms with Crippen molar-refractivity contribution in [2.24, 2.45) is 5.92 Å². The van der Waals surface area contributed by atoms with E-state index >= 15 is 0 Å². The minimum absolute atomic E-state index is 0.121. The summed E-state index contributed by atoms with van der Waals surface area (Å²) in [4.78, 5) is 40.1. The number of hydrogen-bond acceptors (Lipinski definition) is 7. The molecule has 0 unspecified atom stereocenters. The van der Waals surface area contributed by atoms with E-state index in [1.807, 2.05) is 28.8 Å². The molecule has 12 heteroatoms. The third kappa shape index (κ3) is 6.43. The van der Waals surface area contributed by atoms with E-state index in [9.17, 15) is 23.5 Å². The molecule has 0 aliphatic carbocycles. The summed E-state index contributed by atoms with van der Waals surface area (Å²) < 4.78 is 30.9. The quantitative estimate of drug-likeness (QED) is 0.254. The average Bonchev–Trinajstić information content (AvgIpc) is 3.89. The maximum atomic E-state index is 14.5. The first-order valence-corrected chi connectivity index (χ1v) is 16.7. The number of benzene rings is 2. The number of halogens is 2. The molecule has 2 aromatic carbocycles. The second-order valence-corrected chi connectivity index (χ2v) is 13.2. The van der Waals surface area contributed by atoms with Gasteiger partial charge in [-0.05, 0) is 80.1 Å². The molecule has 0 radical (unpaired) electrons. The Balaban J connectivity index is 1.14. The molecule has 4 aromatic rings. The molecule has 9 nitrogen and oxygen atoms in total. The van der Waals surface area contributed by atoms with Gasteiger partial charge in [0.05, 0.1) is 12.0 Å². The van der Waals surface area contributed by atoms with Crippen molar-refractivity contribution in [1.29, 1.82) is 0 Å². The molecule has 5 heterocycles. The Morgan fingerprint density at radius 2 is 1.87 bits per heavy atom. The van der Waals surface area contributed by atoms with Crippen molar-refractivity contribution in [2.75, 3.05) is 25.0 Å². The fourth-order valence-electron chi connectivity index (χ4n) is 6.76. The number of aliphatic hydroxyl groups excluding tert-OH is 1. The lowest BCUT2D eigenvalue weighted by molar-refractivity contribution is -0.121. The van der Waals surface area contributed by atoms with Crippen molar-refractivity contribution in [1.82, 2.24) is 24.3 Å². The molecule has 2 amide bonds. The number of nitrogens with zero attached hydrogens (tertiary/aromatic N) is 5. The summed E-state index contributed by atoms with van der Waals surface area (Å²) in [7, 11) is 0. The van der Waals surface area contributed by atoms with Crippen LogP contribution in [0.5, 0.6) is 0 Å². The summed E-state index contributed by atoms with van der Waals surface area (Å²) in [6.45, 7) is 3.59. The van der Waals surface area contributed by atoms with E-state index in [0.29, 0.717) is 28.7 Å². The van der Waals surface area contributed by atoms with Gasteiger partial charge in [-0.3, -0.25) is 19.8 Å². The van der Waals surface area contributed by atoms with Crippen molar-refractivity contribution in [3.63, 3.8) is 0 Å². The summed E-state index contributed by atoms with van der Waals surface area (Å²) in [6.07, 6.45) is 3.99. The fraction of sp³-hybridized carbons (Fsp3) is 0.371. The predicted octanol–water partition coefficient (Wildman–Crippen LogP) is 5.16. The topological polar surface area (TPSA) is 104 Å². The van der Waals surface area contributed by atoms with E-state index in [1.165, 1.54) is 22.3 Å². The maximum Gasteiger partial charge on any atom is 0.264 e. The summed E-state index contributed by atoms with van der Waals surface area (Å²) in [5.74, 6) is 5.42. The zero-order valence-corrected chi connectivity index (χ0v) is 26.5. The SMILES string of the molecule is O=C(Nc1nccs1)[C@@H](c1ncn2c1CCC2)N1Cc2c(cc(C#Cc3ccc(CN4CCC(CO)CC4)cc3)cc2C(F)F)C1=O. The number of carbonyl (C=O) groups excluding carboxylic acids is 2. The van der Waals surface area contributed by atoms with Gasteiger partial charge in [-0.15, -0.1) is 11.3 Å². The van der Waals surface area contributed by atoms with Crippen molar-refractivity contribution >= 4 is 28.3 Å². The van der Waals surface area contributed by atoms with E-state index in [0.717, 1.165) is 62.3 Å². The Hall–Kier alpha value is -4.44. The highest BCUT2D eigenvalue weighted by molar-refractivity contribution is 7.13. The van der Waals surface area contributed by atoms with E-state index in [1.54, 1.807) is 24.0 Å². The largest absolute Gasteiger partial charge is 0.396 e. The van der Waals surface area contributed by atoms with Gasteiger partial charge in [0.1, 0.15) is 0 Å². The highest BCUT2D eigenvalue weighted by Crippen LogP contribution is 2.39. The smallest absolute Gasteiger partial charge is 0.264 e. The van der Waals surface area contributed by atoms with Gasteiger partial charge >= 0.3 is 0 Å². The summed E-state index contributed by atoms with van der Waals surface area (Å²) in [6, 6.07) is 9.62. The lowest BCUT2D eigenvalue weighted by atomic mass is 9.97. The van der Waals surface area contributed by atoms with Gasteiger partial charge in [-0.1, -0.05) is 24.0 Å². The number of anilines is 1. The Morgan fingerprint density at radius 1 is 1.09 bits per heavy atom. The van der Waals surface area contributed by atoms with Crippen LogP contribution in [0.2, 0.25) is 0 Å². The van der Waals surface area contributed by atoms with Gasteiger partial charge in [0.25, 0.3) is 18.2 Å². The number of thiazole rings is 1. The normalized spacial score (nSPS) is 17.0. The molecular weight excluding hydrogens is 622 g/mol. The number of aliphatic hydroxyl groups is 1. The van der Waals surface area contributed by atoms with E-state index in [-0.39, 0.29) is 29.8 Å². The van der Waals surface area contributed by atoms with Crippen LogP contribution >= 0.6 is 11.3 Å². The minimum atomic E-state index is -2.83. The second kappa shape index (κ2) is 13.4. The predicted molar refractivity (Wildman–Crippen MR) is 173 cm³/mol. The summed E-state index contributed by atoms with van der Waals surface area (Å²) in [5.41, 5.74) is 3.56. The van der Waals surface area contributed by atoms with Crippen LogP contribution in [0.25, 0.3) is 0 Å². The van der Waals surface area contributed by atoms with Gasteiger partial charge in [0.15, 0.2) is 11.2 Å². The minimum Gasteiger partial charge on any atom is -0.396 e. The third-order valence-electron chi connectivity index (χ3n) is 9.29. The Kier molecular flexibility index (Phi) is 8.86. The molecule has 3 aliphatic rings. The Bertz CT molecular complexity index is 1840. The number of carbonyl (C=O) groups is 2. The lowest BCUT2D eigenvalue weighted by Crippen LogP contribution is -2.38. The number of piperidine rings is 1. The molecule has 1 fully saturated rings. The molecule has 242 valence electrons. The molecule has 0 spiro atoms. The van der Waals surface area contributed by atoms with Crippen LogP contribution in [0, 0.1) is 17.8 Å². The zero-order chi connectivity index (χ0) is 32.5. The highest BCUT2D eigenvalue weighted by atomic mass is 32.1. The number of rotatable bonds is 8. The Morgan fingerprint density at radius 3 is 2.60 bits per heavy atom. The van der Waals surface area contributed by atoms with E-state index in [4.69, 9.17) is 0 Å². The van der Waals surface area contributed by atoms with E-state index < -0.39 is 24.3 Å². The molecule has 47 heavy (non-hydrogen) atoms. The number of alkyl halides is 2. The highest BCUT2D eigenvalue weighted by Gasteiger charge is 2.42. The number of aromatic nitrogens is 3. The molecule has 2 aromatic heterocycles. The zero-order valence-electron chi connectivity index (χ0n) is 25.7. The first-order chi connectivity index (χ1) is 22.9. The lowest BCUT2D eigenvalue weighted by Gasteiger charge is -2.31. The molecule has 0 bridgehead atoms. The standard InChI is InChI=1S/C35H34F2N6O3S/c36-32(37)26-16-25(8-5-22-3-6-23(7-4-22)18-41-13-9-24(20-44)10-14-41)17-27-28(26)19-43(34(27)46)31(33(45)40-35-38-11-15-47-35)30-29-2-1-12-42(29)21-39-30/h3-4,6-7,11,15-17,21,24,31-32,44H,1-2,9-10,12-14,18-20H2,(H,38,40,45)/t31-/m1/s1. The van der Waals surface area contributed by atoms with Crippen molar-refractivity contribution < 1.29 is 23.5 Å². The number of hydrogen-bond donors (Lipinski definition) is 2. The van der Waals surface area contributed by atoms with Crippen LogP contribution < -0.4 is 5.32 Å². The number of aryl methyl sites for hydroxylation is 1. The van der Waals surface area contributed by atoms with Crippen molar-refractivity contribution in [3.8, 4) is 11.8 Å². The summed E-state index contributed by atoms with van der Waals surface area (Å²) >= 11 is 1.25. The fourth-order valence-corrected chi connectivity index (χ4v) is 7.29. The Labute approximate surface area is 275 Å². The average molecular weight is 657 g/mol. The van der Waals surface area contributed by atoms with E-state index in [2.05, 4.69) is 32.0 Å². The molecule has 3 aliphatic heterocycles.